The molecule has 0 aliphatic heterocycles. The summed E-state index contributed by atoms with van der Waals surface area (Å²) in [7, 11) is 0. The minimum absolute atomic E-state index is 0.0724. The number of halogens is 1. The highest BCUT2D eigenvalue weighted by Crippen LogP contribution is 2.32. The molecule has 0 unspecified atom stereocenters. The van der Waals surface area contributed by atoms with E-state index in [0.717, 1.165) is 0 Å². The number of carboxylic acids is 1. The summed E-state index contributed by atoms with van der Waals surface area (Å²) in [6.07, 6.45) is 0. The van der Waals surface area contributed by atoms with Gasteiger partial charge in [0.15, 0.2) is 0 Å². The maximum atomic E-state index is 11.0. The van der Waals surface area contributed by atoms with Gasteiger partial charge in [-0.2, -0.15) is 0 Å². The summed E-state index contributed by atoms with van der Waals surface area (Å²) < 4.78 is 0.425. The standard InChI is InChI=1S/C10H10BrNO4/c1-10(2,9(13)14)7-4-3-6(12(15)16)5-8(7)11/h3-5H,1-2H3,(H,13,14). The van der Waals surface area contributed by atoms with Crippen LogP contribution in [-0.4, -0.2) is 16.0 Å². The lowest BCUT2D eigenvalue weighted by molar-refractivity contribution is -0.385. The minimum atomic E-state index is -1.09. The second kappa shape index (κ2) is 4.21. The van der Waals surface area contributed by atoms with E-state index < -0.39 is 16.3 Å². The maximum Gasteiger partial charge on any atom is 0.313 e. The summed E-state index contributed by atoms with van der Waals surface area (Å²) in [6.45, 7) is 3.09. The average Bonchev–Trinajstić information content (AvgIpc) is 2.16. The van der Waals surface area contributed by atoms with Gasteiger partial charge >= 0.3 is 5.97 Å². The van der Waals surface area contributed by atoms with Crippen LogP contribution in [0.3, 0.4) is 0 Å². The van der Waals surface area contributed by atoms with Crippen LogP contribution in [0.5, 0.6) is 0 Å². The monoisotopic (exact) mass is 287 g/mol. The molecule has 5 nitrogen and oxygen atoms in total. The van der Waals surface area contributed by atoms with Crippen molar-refractivity contribution in [2.24, 2.45) is 0 Å². The molecule has 0 radical (unpaired) electrons. The van der Waals surface area contributed by atoms with E-state index in [-0.39, 0.29) is 5.69 Å². The third kappa shape index (κ3) is 2.21. The van der Waals surface area contributed by atoms with Crippen LogP contribution in [-0.2, 0) is 10.2 Å². The molecule has 6 heteroatoms. The molecule has 0 aromatic heterocycles. The first-order valence-corrected chi connectivity index (χ1v) is 5.24. The second-order valence-corrected chi connectivity index (χ2v) is 4.71. The number of benzene rings is 1. The smallest absolute Gasteiger partial charge is 0.313 e. The summed E-state index contributed by atoms with van der Waals surface area (Å²) in [4.78, 5) is 21.0. The van der Waals surface area contributed by atoms with Crippen molar-refractivity contribution in [3.63, 3.8) is 0 Å². The lowest BCUT2D eigenvalue weighted by atomic mass is 9.85. The third-order valence-electron chi connectivity index (χ3n) is 2.37. The number of nitro benzene ring substituents is 1. The van der Waals surface area contributed by atoms with E-state index in [1.807, 2.05) is 0 Å². The summed E-state index contributed by atoms with van der Waals surface area (Å²) >= 11 is 3.15. The van der Waals surface area contributed by atoms with Crippen LogP contribution in [0.1, 0.15) is 19.4 Å². The fourth-order valence-electron chi connectivity index (χ4n) is 1.24. The number of carbonyl (C=O) groups is 1. The largest absolute Gasteiger partial charge is 0.481 e. The number of hydrogen-bond donors (Lipinski definition) is 1. The molecule has 0 heterocycles. The summed E-state index contributed by atoms with van der Waals surface area (Å²) in [6, 6.07) is 4.06. The van der Waals surface area contributed by atoms with Crippen molar-refractivity contribution in [1.82, 2.24) is 0 Å². The van der Waals surface area contributed by atoms with Crippen LogP contribution in [0, 0.1) is 10.1 Å². The van der Waals surface area contributed by atoms with Crippen molar-refractivity contribution in [1.29, 1.82) is 0 Å². The van der Waals surface area contributed by atoms with E-state index in [1.54, 1.807) is 13.8 Å². The number of non-ortho nitro benzene ring substituents is 1. The number of hydrogen-bond acceptors (Lipinski definition) is 3. The molecule has 0 fully saturated rings. The highest BCUT2D eigenvalue weighted by molar-refractivity contribution is 9.10. The molecule has 0 saturated heterocycles. The molecule has 1 aromatic carbocycles. The molecule has 0 spiro atoms. The summed E-state index contributed by atoms with van der Waals surface area (Å²) in [5.41, 5.74) is -0.657. The van der Waals surface area contributed by atoms with Crippen LogP contribution in [0.25, 0.3) is 0 Å². The van der Waals surface area contributed by atoms with Gasteiger partial charge in [-0.1, -0.05) is 15.9 Å². The highest BCUT2D eigenvalue weighted by atomic mass is 79.9. The average molecular weight is 288 g/mol. The van der Waals surface area contributed by atoms with Gasteiger partial charge in [-0.15, -0.1) is 0 Å². The Bertz CT molecular complexity index is 456. The van der Waals surface area contributed by atoms with Gasteiger partial charge in [0.1, 0.15) is 0 Å². The Kier molecular flexibility index (Phi) is 3.32. The third-order valence-corrected chi connectivity index (χ3v) is 3.03. The highest BCUT2D eigenvalue weighted by Gasteiger charge is 2.31. The topological polar surface area (TPSA) is 80.4 Å². The molecular formula is C10H10BrNO4. The first-order chi connectivity index (χ1) is 7.26. The van der Waals surface area contributed by atoms with Gasteiger partial charge in [-0.25, -0.2) is 0 Å². The molecule has 1 N–H and O–H groups in total. The molecule has 16 heavy (non-hydrogen) atoms. The van der Waals surface area contributed by atoms with Crippen LogP contribution in [0.2, 0.25) is 0 Å². The minimum Gasteiger partial charge on any atom is -0.481 e. The first-order valence-electron chi connectivity index (χ1n) is 4.44. The zero-order chi connectivity index (χ0) is 12.5. The van der Waals surface area contributed by atoms with E-state index in [1.165, 1.54) is 18.2 Å². The lowest BCUT2D eigenvalue weighted by Gasteiger charge is -2.20. The molecule has 1 rings (SSSR count). The Balaban J connectivity index is 3.28. The molecule has 0 aliphatic carbocycles. The molecule has 1 aromatic rings. The van der Waals surface area contributed by atoms with Gasteiger partial charge in [0.05, 0.1) is 10.3 Å². The predicted molar refractivity (Wildman–Crippen MR) is 61.5 cm³/mol. The zero-order valence-electron chi connectivity index (χ0n) is 8.73. The zero-order valence-corrected chi connectivity index (χ0v) is 10.3. The summed E-state index contributed by atoms with van der Waals surface area (Å²) in [5, 5.41) is 19.6. The number of aliphatic carboxylic acids is 1. The Morgan fingerprint density at radius 1 is 1.50 bits per heavy atom. The Hall–Kier alpha value is -1.43. The lowest BCUT2D eigenvalue weighted by Crippen LogP contribution is -2.28. The fraction of sp³-hybridized carbons (Fsp3) is 0.300. The van der Waals surface area contributed by atoms with Gasteiger partial charge in [0.25, 0.3) is 5.69 Å². The quantitative estimate of drug-likeness (QED) is 0.685. The van der Waals surface area contributed by atoms with Gasteiger partial charge < -0.3 is 5.11 Å². The normalized spacial score (nSPS) is 11.2. The van der Waals surface area contributed by atoms with Crippen molar-refractivity contribution < 1.29 is 14.8 Å². The maximum absolute atomic E-state index is 11.0. The van der Waals surface area contributed by atoms with Crippen LogP contribution in [0.4, 0.5) is 5.69 Å². The fourth-order valence-corrected chi connectivity index (χ4v) is 2.10. The number of nitro groups is 1. The van der Waals surface area contributed by atoms with Crippen molar-refractivity contribution in [2.75, 3.05) is 0 Å². The Morgan fingerprint density at radius 3 is 2.44 bits per heavy atom. The van der Waals surface area contributed by atoms with Gasteiger partial charge in [0, 0.05) is 16.6 Å². The first kappa shape index (κ1) is 12.6. The van der Waals surface area contributed by atoms with Crippen molar-refractivity contribution in [3.8, 4) is 0 Å². The number of carboxylic acid groups (broad SMARTS) is 1. The SMILES string of the molecule is CC(C)(C(=O)O)c1ccc([N+](=O)[O-])cc1Br. The molecule has 0 saturated carbocycles. The number of rotatable bonds is 3. The summed E-state index contributed by atoms with van der Waals surface area (Å²) in [5.74, 6) is -0.984. The molecule has 0 bridgehead atoms. The van der Waals surface area contributed by atoms with Crippen LogP contribution >= 0.6 is 15.9 Å². The van der Waals surface area contributed by atoms with Gasteiger partial charge in [-0.3, -0.25) is 14.9 Å². The van der Waals surface area contributed by atoms with E-state index in [0.29, 0.717) is 10.0 Å². The molecular weight excluding hydrogens is 278 g/mol. The van der Waals surface area contributed by atoms with Crippen molar-refractivity contribution in [3.05, 3.63) is 38.3 Å². The van der Waals surface area contributed by atoms with Crippen molar-refractivity contribution >= 4 is 27.6 Å². The van der Waals surface area contributed by atoms with Crippen LogP contribution < -0.4 is 0 Å². The van der Waals surface area contributed by atoms with Crippen LogP contribution in [0.15, 0.2) is 22.7 Å². The molecule has 0 aliphatic rings. The Labute approximate surface area is 100 Å². The van der Waals surface area contributed by atoms with Gasteiger partial charge in [0.2, 0.25) is 0 Å². The molecule has 86 valence electrons. The second-order valence-electron chi connectivity index (χ2n) is 3.85. The van der Waals surface area contributed by atoms with E-state index in [4.69, 9.17) is 5.11 Å². The van der Waals surface area contributed by atoms with E-state index >= 15 is 0 Å². The predicted octanol–water partition coefficient (Wildman–Crippen LogP) is 2.72. The number of nitrogens with zero attached hydrogens (tertiary/aromatic N) is 1. The van der Waals surface area contributed by atoms with Crippen molar-refractivity contribution in [2.45, 2.75) is 19.3 Å². The molecule has 0 amide bonds. The Morgan fingerprint density at radius 2 is 2.06 bits per heavy atom. The van der Waals surface area contributed by atoms with E-state index in [9.17, 15) is 14.9 Å². The molecule has 0 atom stereocenters. The van der Waals surface area contributed by atoms with Gasteiger partial charge in [-0.05, 0) is 25.5 Å². The van der Waals surface area contributed by atoms with E-state index in [2.05, 4.69) is 15.9 Å².